The van der Waals surface area contributed by atoms with Crippen LogP contribution in [0.2, 0.25) is 0 Å². The van der Waals surface area contributed by atoms with Crippen LogP contribution in [0.4, 0.5) is 5.82 Å². The van der Waals surface area contributed by atoms with Crippen molar-refractivity contribution >= 4 is 22.8 Å². The summed E-state index contributed by atoms with van der Waals surface area (Å²) in [6, 6.07) is 12.0. The molecule has 4 aromatic rings. The number of methoxy groups -OCH3 is 1. The zero-order valence-corrected chi connectivity index (χ0v) is 20.2. The first-order valence-corrected chi connectivity index (χ1v) is 11.5. The van der Waals surface area contributed by atoms with Crippen LogP contribution in [0.3, 0.4) is 0 Å². The van der Waals surface area contributed by atoms with Gasteiger partial charge in [-0.05, 0) is 37.1 Å². The van der Waals surface area contributed by atoms with Gasteiger partial charge in [0.15, 0.2) is 0 Å². The number of anilines is 1. The molecule has 0 aliphatic carbocycles. The number of rotatable bonds is 6. The van der Waals surface area contributed by atoms with E-state index in [1.54, 1.807) is 13.3 Å². The number of aromatic nitrogens is 4. The summed E-state index contributed by atoms with van der Waals surface area (Å²) in [5.74, 6) is 1.02. The number of nitrogens with one attached hydrogen (secondary N) is 2. The summed E-state index contributed by atoms with van der Waals surface area (Å²) < 4.78 is 5.65. The summed E-state index contributed by atoms with van der Waals surface area (Å²) in [7, 11) is 3.17. The summed E-state index contributed by atoms with van der Waals surface area (Å²) >= 11 is 0. The highest BCUT2D eigenvalue weighted by molar-refractivity contribution is 5.93. The van der Waals surface area contributed by atoms with Gasteiger partial charge < -0.3 is 20.1 Å². The lowest BCUT2D eigenvalue weighted by Gasteiger charge is -2.41. The van der Waals surface area contributed by atoms with Gasteiger partial charge in [-0.3, -0.25) is 9.89 Å². The first-order valence-electron chi connectivity index (χ1n) is 11.5. The Morgan fingerprint density at radius 1 is 1.23 bits per heavy atom. The van der Waals surface area contributed by atoms with Gasteiger partial charge in [-0.1, -0.05) is 18.2 Å². The van der Waals surface area contributed by atoms with Gasteiger partial charge in [0, 0.05) is 49.4 Å². The number of amides is 1. The number of nitrogens with zero attached hydrogens (tertiary/aromatic N) is 4. The number of hydrogen-bond acceptors (Lipinski definition) is 7. The van der Waals surface area contributed by atoms with E-state index in [1.807, 2.05) is 29.2 Å². The minimum absolute atomic E-state index is 0.102. The Balaban J connectivity index is 1.44. The average Bonchev–Trinajstić information content (AvgIpc) is 3.26. The molecular formula is C26H28N6O3. The van der Waals surface area contributed by atoms with Gasteiger partial charge >= 0.3 is 0 Å². The molecule has 180 valence electrons. The monoisotopic (exact) mass is 472 g/mol. The second-order valence-electron chi connectivity index (χ2n) is 8.88. The molecule has 0 spiro atoms. The second-order valence-corrected chi connectivity index (χ2v) is 8.88. The molecular weight excluding hydrogens is 444 g/mol. The fourth-order valence-electron chi connectivity index (χ4n) is 4.46. The molecule has 1 aromatic carbocycles. The lowest BCUT2D eigenvalue weighted by Crippen LogP contribution is -2.55. The molecule has 35 heavy (non-hydrogen) atoms. The van der Waals surface area contributed by atoms with Crippen LogP contribution < -0.4 is 15.0 Å². The minimum atomic E-state index is -1.000. The van der Waals surface area contributed by atoms with E-state index in [0.717, 1.165) is 39.2 Å². The van der Waals surface area contributed by atoms with Gasteiger partial charge in [-0.15, -0.1) is 0 Å². The zero-order chi connectivity index (χ0) is 24.7. The number of carbonyl (C=O) groups excluding carboxylic acids is 1. The molecule has 1 saturated heterocycles. The predicted octanol–water partition coefficient (Wildman–Crippen LogP) is 2.86. The van der Waals surface area contributed by atoms with Crippen LogP contribution in [0.25, 0.3) is 33.5 Å². The number of benzene rings is 1. The maximum Gasteiger partial charge on any atom is 0.249 e. The van der Waals surface area contributed by atoms with E-state index in [4.69, 9.17) is 9.72 Å². The summed E-state index contributed by atoms with van der Waals surface area (Å²) in [6.07, 6.45) is 0.775. The summed E-state index contributed by atoms with van der Waals surface area (Å²) in [5, 5.41) is 20.1. The largest absolute Gasteiger partial charge is 0.494 e. The van der Waals surface area contributed by atoms with Crippen molar-refractivity contribution in [1.29, 1.82) is 0 Å². The Labute approximate surface area is 203 Å². The second kappa shape index (κ2) is 8.99. The van der Waals surface area contributed by atoms with Crippen LogP contribution in [0, 0.1) is 19.8 Å². The third-order valence-electron chi connectivity index (χ3n) is 6.80. The molecule has 0 radical (unpaired) electrons. The highest BCUT2D eigenvalue weighted by Gasteiger charge is 2.36. The number of H-pyrrole nitrogens is 1. The molecule has 1 atom stereocenters. The number of aryl methyl sites for hydroxylation is 1. The molecule has 9 heteroatoms. The standard InChI is InChI=1S/C26H28N6O3/c1-14-6-5-7-18(15(14)2)23-20(35-4)10-19-24(29-23)22(31-30-19)16-8-9-21(28-11-16)32-12-17(13-32)25(33)26(34)27-3/h5-11,17,25,33H,12-13H2,1-4H3,(H,27,34)(H,30,31). The van der Waals surface area contributed by atoms with Gasteiger partial charge in [-0.2, -0.15) is 5.10 Å². The van der Waals surface area contributed by atoms with Crippen molar-refractivity contribution in [2.45, 2.75) is 20.0 Å². The number of hydrogen-bond donors (Lipinski definition) is 3. The summed E-state index contributed by atoms with van der Waals surface area (Å²) in [5.41, 5.74) is 7.22. The van der Waals surface area contributed by atoms with Crippen molar-refractivity contribution in [2.75, 3.05) is 32.1 Å². The van der Waals surface area contributed by atoms with Gasteiger partial charge in [0.25, 0.3) is 0 Å². The van der Waals surface area contributed by atoms with E-state index in [9.17, 15) is 9.90 Å². The van der Waals surface area contributed by atoms with Crippen LogP contribution in [0.15, 0.2) is 42.6 Å². The molecule has 0 saturated carbocycles. The highest BCUT2D eigenvalue weighted by Crippen LogP contribution is 2.36. The van der Waals surface area contributed by atoms with Crippen LogP contribution >= 0.6 is 0 Å². The normalized spacial score (nSPS) is 14.6. The Kier molecular flexibility index (Phi) is 5.86. The lowest BCUT2D eigenvalue weighted by atomic mass is 9.93. The number of ether oxygens (including phenoxy) is 1. The van der Waals surface area contributed by atoms with Crippen LogP contribution in [0.1, 0.15) is 11.1 Å². The Morgan fingerprint density at radius 3 is 2.71 bits per heavy atom. The van der Waals surface area contributed by atoms with Crippen LogP contribution in [0.5, 0.6) is 5.75 Å². The van der Waals surface area contributed by atoms with E-state index < -0.39 is 6.10 Å². The van der Waals surface area contributed by atoms with E-state index in [1.165, 1.54) is 12.6 Å². The Bertz CT molecular complexity index is 1390. The predicted molar refractivity (Wildman–Crippen MR) is 134 cm³/mol. The Hall–Kier alpha value is -3.98. The molecule has 1 unspecified atom stereocenters. The third kappa shape index (κ3) is 3.97. The SMILES string of the molecule is CNC(=O)C(O)C1CN(c2ccc(-c3n[nH]c4cc(OC)c(-c5cccc(C)c5C)nc34)cn2)C1. The molecule has 3 aromatic heterocycles. The van der Waals surface area contributed by atoms with Gasteiger partial charge in [-0.25, -0.2) is 9.97 Å². The minimum Gasteiger partial charge on any atom is -0.494 e. The van der Waals surface area contributed by atoms with Crippen LogP contribution in [-0.4, -0.2) is 64.5 Å². The first-order chi connectivity index (χ1) is 16.9. The third-order valence-corrected chi connectivity index (χ3v) is 6.80. The topological polar surface area (TPSA) is 116 Å². The molecule has 1 aliphatic heterocycles. The Morgan fingerprint density at radius 2 is 2.03 bits per heavy atom. The lowest BCUT2D eigenvalue weighted by molar-refractivity contribution is -0.132. The molecule has 0 bridgehead atoms. The molecule has 1 aliphatic rings. The number of pyridine rings is 2. The summed E-state index contributed by atoms with van der Waals surface area (Å²) in [4.78, 5) is 23.2. The van der Waals surface area contributed by atoms with Crippen molar-refractivity contribution in [3.05, 3.63) is 53.7 Å². The van der Waals surface area contributed by atoms with E-state index in [-0.39, 0.29) is 11.8 Å². The number of fused-ring (bicyclic) bond motifs is 1. The van der Waals surface area contributed by atoms with Crippen LogP contribution in [-0.2, 0) is 4.79 Å². The zero-order valence-electron chi connectivity index (χ0n) is 20.2. The molecule has 3 N–H and O–H groups in total. The molecule has 4 heterocycles. The first kappa shape index (κ1) is 22.8. The summed E-state index contributed by atoms with van der Waals surface area (Å²) in [6.45, 7) is 5.32. The van der Waals surface area contributed by atoms with Gasteiger partial charge in [0.1, 0.15) is 34.6 Å². The number of carbonyl (C=O) groups is 1. The van der Waals surface area contributed by atoms with E-state index in [0.29, 0.717) is 24.5 Å². The molecule has 9 nitrogen and oxygen atoms in total. The average molecular weight is 473 g/mol. The van der Waals surface area contributed by atoms with Crippen molar-refractivity contribution in [2.24, 2.45) is 5.92 Å². The number of likely N-dealkylation sites (N-methyl/N-ethyl adjacent to an activating group) is 1. The van der Waals surface area contributed by atoms with Crippen molar-refractivity contribution in [3.8, 4) is 28.3 Å². The molecule has 1 fully saturated rings. The molecule has 5 rings (SSSR count). The number of aliphatic hydroxyl groups is 1. The number of aromatic amines is 1. The fraction of sp³-hybridized carbons (Fsp3) is 0.308. The van der Waals surface area contributed by atoms with E-state index in [2.05, 4.69) is 46.5 Å². The maximum atomic E-state index is 11.6. The smallest absolute Gasteiger partial charge is 0.249 e. The van der Waals surface area contributed by atoms with Crippen molar-refractivity contribution in [1.82, 2.24) is 25.5 Å². The fourth-order valence-corrected chi connectivity index (χ4v) is 4.46. The quantitative estimate of drug-likeness (QED) is 0.395. The van der Waals surface area contributed by atoms with E-state index >= 15 is 0 Å². The van der Waals surface area contributed by atoms with Crippen molar-refractivity contribution in [3.63, 3.8) is 0 Å². The van der Waals surface area contributed by atoms with Gasteiger partial charge in [0.05, 0.1) is 12.6 Å². The highest BCUT2D eigenvalue weighted by atomic mass is 16.5. The van der Waals surface area contributed by atoms with Gasteiger partial charge in [0.2, 0.25) is 5.91 Å². The maximum absolute atomic E-state index is 11.6. The molecule has 1 amide bonds. The van der Waals surface area contributed by atoms with Crippen molar-refractivity contribution < 1.29 is 14.6 Å². The number of aliphatic hydroxyl groups excluding tert-OH is 1.